The van der Waals surface area contributed by atoms with E-state index in [-0.39, 0.29) is 23.3 Å². The fraction of sp³-hybridized carbons (Fsp3) is 0.476. The highest BCUT2D eigenvalue weighted by molar-refractivity contribution is 5.92. The number of fused-ring (bicyclic) bond motifs is 2. The Bertz CT molecular complexity index is 887. The average molecular weight is 384 g/mol. The number of benzene rings is 1. The zero-order valence-corrected chi connectivity index (χ0v) is 16.4. The van der Waals surface area contributed by atoms with Gasteiger partial charge in [-0.3, -0.25) is 0 Å². The fourth-order valence-electron chi connectivity index (χ4n) is 4.93. The van der Waals surface area contributed by atoms with E-state index in [9.17, 15) is 9.18 Å². The summed E-state index contributed by atoms with van der Waals surface area (Å²) >= 11 is 0. The number of hydrogen-bond donors (Lipinski definition) is 1. The Kier molecular flexibility index (Phi) is 4.79. The molecular weight excluding hydrogens is 359 g/mol. The van der Waals surface area contributed by atoms with Gasteiger partial charge in [0.25, 0.3) is 0 Å². The van der Waals surface area contributed by atoms with Gasteiger partial charge >= 0.3 is 6.03 Å². The number of halogens is 1. The summed E-state index contributed by atoms with van der Waals surface area (Å²) in [5, 5.41) is 2.78. The molecule has 7 heteroatoms. The van der Waals surface area contributed by atoms with E-state index in [4.69, 9.17) is 4.74 Å². The number of aryl methyl sites for hydroxylation is 1. The Morgan fingerprint density at radius 2 is 2.11 bits per heavy atom. The second kappa shape index (κ2) is 7.13. The predicted molar refractivity (Wildman–Crippen MR) is 104 cm³/mol. The Morgan fingerprint density at radius 1 is 1.36 bits per heavy atom. The molecule has 2 aliphatic rings. The maximum atomic E-state index is 14.6. The molecule has 1 aromatic heterocycles. The van der Waals surface area contributed by atoms with Crippen LogP contribution in [0.5, 0.6) is 0 Å². The van der Waals surface area contributed by atoms with E-state index in [1.54, 1.807) is 38.6 Å². The number of likely N-dealkylation sites (tertiary alicyclic amines) is 1. The Balaban J connectivity index is 1.60. The van der Waals surface area contributed by atoms with E-state index < -0.39 is 5.82 Å². The van der Waals surface area contributed by atoms with Gasteiger partial charge in [0.1, 0.15) is 5.82 Å². The van der Waals surface area contributed by atoms with Crippen LogP contribution >= 0.6 is 0 Å². The second-order valence-electron chi connectivity index (χ2n) is 8.08. The molecule has 2 aromatic rings. The molecule has 0 unspecified atom stereocenters. The lowest BCUT2D eigenvalue weighted by atomic mass is 9.65. The van der Waals surface area contributed by atoms with Gasteiger partial charge in [-0.15, -0.1) is 0 Å². The van der Waals surface area contributed by atoms with Crippen molar-refractivity contribution in [3.63, 3.8) is 0 Å². The third-order valence-electron chi connectivity index (χ3n) is 5.89. The maximum absolute atomic E-state index is 14.6. The van der Waals surface area contributed by atoms with Crippen molar-refractivity contribution >= 4 is 11.7 Å². The number of anilines is 1. The first-order chi connectivity index (χ1) is 13.4. The van der Waals surface area contributed by atoms with Gasteiger partial charge in [-0.05, 0) is 55.9 Å². The van der Waals surface area contributed by atoms with Gasteiger partial charge in [0.05, 0.1) is 17.8 Å². The summed E-state index contributed by atoms with van der Waals surface area (Å²) in [5.74, 6) is 0.585. The summed E-state index contributed by atoms with van der Waals surface area (Å²) in [4.78, 5) is 23.4. The monoisotopic (exact) mass is 384 g/mol. The van der Waals surface area contributed by atoms with E-state index in [2.05, 4.69) is 22.2 Å². The normalized spacial score (nSPS) is 25.9. The van der Waals surface area contributed by atoms with Crippen LogP contribution in [-0.2, 0) is 4.74 Å². The van der Waals surface area contributed by atoms with Crippen LogP contribution in [0.15, 0.2) is 30.6 Å². The van der Waals surface area contributed by atoms with Gasteiger partial charge in [-0.25, -0.2) is 19.2 Å². The highest BCUT2D eigenvalue weighted by Crippen LogP contribution is 2.50. The number of hydrogen-bond acceptors (Lipinski definition) is 4. The number of ether oxygens (including phenoxy) is 1. The van der Waals surface area contributed by atoms with Crippen LogP contribution in [0, 0.1) is 18.7 Å². The minimum atomic E-state index is -0.467. The van der Waals surface area contributed by atoms with Crippen LogP contribution in [-0.4, -0.2) is 46.2 Å². The molecule has 1 aliphatic heterocycles. The minimum absolute atomic E-state index is 0.142. The number of piperidine rings is 1. The van der Waals surface area contributed by atoms with E-state index in [1.165, 1.54) is 6.07 Å². The number of aromatic nitrogens is 2. The molecule has 1 aromatic carbocycles. The van der Waals surface area contributed by atoms with Crippen molar-refractivity contribution in [3.05, 3.63) is 42.0 Å². The SMILES string of the molecule is COC[C@@]12C[C@@H](C)C[C@@H](C1)N2C(=O)Nc1cc(-c2ncccn2)c(C)cc1F. The molecule has 4 rings (SSSR count). The second-order valence-corrected chi connectivity index (χ2v) is 8.08. The van der Waals surface area contributed by atoms with Crippen molar-refractivity contribution < 1.29 is 13.9 Å². The largest absolute Gasteiger partial charge is 0.382 e. The van der Waals surface area contributed by atoms with Crippen LogP contribution in [0.2, 0.25) is 0 Å². The van der Waals surface area contributed by atoms with E-state index in [1.807, 2.05) is 4.90 Å². The number of methoxy groups -OCH3 is 1. The lowest BCUT2D eigenvalue weighted by Gasteiger charge is -2.63. The fourth-order valence-corrected chi connectivity index (χ4v) is 4.93. The summed E-state index contributed by atoms with van der Waals surface area (Å²) in [6, 6.07) is 4.65. The van der Waals surface area contributed by atoms with Crippen molar-refractivity contribution in [2.75, 3.05) is 19.0 Å². The zero-order chi connectivity index (χ0) is 19.9. The smallest absolute Gasteiger partial charge is 0.322 e. The van der Waals surface area contributed by atoms with Gasteiger partial charge in [0.2, 0.25) is 0 Å². The number of carbonyl (C=O) groups is 1. The van der Waals surface area contributed by atoms with Crippen molar-refractivity contribution in [2.24, 2.45) is 5.92 Å². The summed E-state index contributed by atoms with van der Waals surface area (Å²) in [6.07, 6.45) is 6.10. The molecule has 28 heavy (non-hydrogen) atoms. The molecule has 148 valence electrons. The molecule has 6 nitrogen and oxygen atoms in total. The molecule has 1 saturated heterocycles. The predicted octanol–water partition coefficient (Wildman–Crippen LogP) is 4.01. The molecule has 0 radical (unpaired) electrons. The molecule has 1 N–H and O–H groups in total. The lowest BCUT2D eigenvalue weighted by Crippen LogP contribution is -2.74. The molecule has 3 atom stereocenters. The number of nitrogens with zero attached hydrogens (tertiary/aromatic N) is 3. The number of carbonyl (C=O) groups excluding carboxylic acids is 1. The average Bonchev–Trinajstić information content (AvgIpc) is 2.64. The zero-order valence-electron chi connectivity index (χ0n) is 16.4. The van der Waals surface area contributed by atoms with E-state index >= 15 is 0 Å². The Morgan fingerprint density at radius 3 is 2.82 bits per heavy atom. The van der Waals surface area contributed by atoms with Crippen LogP contribution < -0.4 is 5.32 Å². The van der Waals surface area contributed by atoms with Crippen LogP contribution in [0.3, 0.4) is 0 Å². The molecule has 2 bridgehead atoms. The van der Waals surface area contributed by atoms with Crippen molar-refractivity contribution in [2.45, 2.75) is 44.7 Å². The quantitative estimate of drug-likeness (QED) is 0.865. The number of rotatable bonds is 4. The summed E-state index contributed by atoms with van der Waals surface area (Å²) in [7, 11) is 1.66. The standard InChI is InChI=1S/C21H25FN4O2/c1-13-7-15-11-21(10-13,12-28-3)26(15)20(27)25-18-9-16(14(2)8-17(18)22)19-23-5-4-6-24-19/h4-6,8-9,13,15H,7,10-12H2,1-3H3,(H,25,27)/t13-,15-,21+/m0/s1. The molecule has 1 aliphatic carbocycles. The van der Waals surface area contributed by atoms with E-state index in [0.29, 0.717) is 29.5 Å². The third kappa shape index (κ3) is 3.13. The van der Waals surface area contributed by atoms with Gasteiger partial charge in [0.15, 0.2) is 5.82 Å². The van der Waals surface area contributed by atoms with Crippen LogP contribution in [0.1, 0.15) is 31.7 Å². The lowest BCUT2D eigenvalue weighted by molar-refractivity contribution is -0.122. The van der Waals surface area contributed by atoms with Crippen LogP contribution in [0.4, 0.5) is 14.9 Å². The number of nitrogens with one attached hydrogen (secondary N) is 1. The van der Waals surface area contributed by atoms with Crippen LogP contribution in [0.25, 0.3) is 11.4 Å². The first-order valence-corrected chi connectivity index (χ1v) is 9.60. The van der Waals surface area contributed by atoms with Crippen molar-refractivity contribution in [3.8, 4) is 11.4 Å². The van der Waals surface area contributed by atoms with Gasteiger partial charge in [-0.1, -0.05) is 6.92 Å². The molecule has 1 saturated carbocycles. The number of urea groups is 1. The van der Waals surface area contributed by atoms with E-state index in [0.717, 1.165) is 19.3 Å². The topological polar surface area (TPSA) is 67.3 Å². The molecule has 2 amide bonds. The summed E-state index contributed by atoms with van der Waals surface area (Å²) in [6.45, 7) is 4.51. The molecule has 2 fully saturated rings. The van der Waals surface area contributed by atoms with Crippen molar-refractivity contribution in [1.82, 2.24) is 14.9 Å². The molecular formula is C21H25FN4O2. The van der Waals surface area contributed by atoms with Gasteiger partial charge in [0, 0.05) is 31.1 Å². The van der Waals surface area contributed by atoms with Gasteiger partial charge < -0.3 is 15.0 Å². The highest BCUT2D eigenvalue weighted by Gasteiger charge is 2.58. The summed E-state index contributed by atoms with van der Waals surface area (Å²) in [5.41, 5.74) is 1.27. The van der Waals surface area contributed by atoms with Gasteiger partial charge in [-0.2, -0.15) is 0 Å². The first kappa shape index (κ1) is 18.8. The summed E-state index contributed by atoms with van der Waals surface area (Å²) < 4.78 is 20.0. The molecule has 0 spiro atoms. The number of amides is 2. The Labute approximate surface area is 164 Å². The maximum Gasteiger partial charge on any atom is 0.322 e. The minimum Gasteiger partial charge on any atom is -0.382 e. The van der Waals surface area contributed by atoms with Crippen molar-refractivity contribution in [1.29, 1.82) is 0 Å². The first-order valence-electron chi connectivity index (χ1n) is 9.60. The molecule has 2 heterocycles. The third-order valence-corrected chi connectivity index (χ3v) is 5.89. The highest BCUT2D eigenvalue weighted by atomic mass is 19.1. The Hall–Kier alpha value is -2.54.